The molecule has 19 heavy (non-hydrogen) atoms. The van der Waals surface area contributed by atoms with Crippen LogP contribution < -0.4 is 15.8 Å². The molecule has 0 atom stereocenters. The van der Waals surface area contributed by atoms with Gasteiger partial charge in [-0.2, -0.15) is 0 Å². The van der Waals surface area contributed by atoms with E-state index in [1.165, 1.54) is 5.56 Å². The number of benzene rings is 1. The Morgan fingerprint density at radius 3 is 3.00 bits per heavy atom. The van der Waals surface area contributed by atoms with Gasteiger partial charge in [0.05, 0.1) is 11.4 Å². The molecule has 1 aromatic carbocycles. The second kappa shape index (κ2) is 4.90. The number of hydrogen-bond donors (Lipinski definition) is 2. The van der Waals surface area contributed by atoms with Crippen LogP contribution >= 0.6 is 0 Å². The maximum absolute atomic E-state index is 5.92. The summed E-state index contributed by atoms with van der Waals surface area (Å²) in [5.74, 6) is 0.960. The molecule has 2 aromatic rings. The van der Waals surface area contributed by atoms with E-state index in [1.807, 2.05) is 25.3 Å². The van der Waals surface area contributed by atoms with Gasteiger partial charge in [0.25, 0.3) is 0 Å². The van der Waals surface area contributed by atoms with Crippen LogP contribution in [0.2, 0.25) is 0 Å². The van der Waals surface area contributed by atoms with Gasteiger partial charge in [-0.1, -0.05) is 6.07 Å². The van der Waals surface area contributed by atoms with Crippen molar-refractivity contribution in [2.24, 2.45) is 0 Å². The molecule has 3 N–H and O–H groups in total. The van der Waals surface area contributed by atoms with E-state index in [0.29, 0.717) is 6.61 Å². The van der Waals surface area contributed by atoms with Gasteiger partial charge in [-0.3, -0.25) is 4.98 Å². The fraction of sp³-hybridized carbons (Fsp3) is 0.267. The van der Waals surface area contributed by atoms with Crippen LogP contribution in [-0.2, 0) is 6.54 Å². The molecule has 2 heterocycles. The first-order valence-electron chi connectivity index (χ1n) is 6.43. The van der Waals surface area contributed by atoms with E-state index in [0.717, 1.165) is 41.3 Å². The molecule has 0 saturated carbocycles. The molecule has 98 valence electrons. The minimum atomic E-state index is 0.714. The molecule has 0 saturated heterocycles. The summed E-state index contributed by atoms with van der Waals surface area (Å²) in [6, 6.07) is 8.18. The molecular formula is C15H17N3O. The van der Waals surface area contributed by atoms with Crippen LogP contribution in [0.1, 0.15) is 11.3 Å². The fourth-order valence-corrected chi connectivity index (χ4v) is 2.20. The molecule has 1 aliphatic rings. The minimum absolute atomic E-state index is 0.714. The summed E-state index contributed by atoms with van der Waals surface area (Å²) in [4.78, 5) is 4.31. The molecule has 0 radical (unpaired) electrons. The SMILES string of the molecule is Cc1ncc(-c2ccc3c(c2)CNCCO3)cc1N. The van der Waals surface area contributed by atoms with Crippen LogP contribution in [0.5, 0.6) is 5.75 Å². The predicted molar refractivity (Wildman–Crippen MR) is 76.0 cm³/mol. The smallest absolute Gasteiger partial charge is 0.123 e. The summed E-state index contributed by atoms with van der Waals surface area (Å²) in [5, 5.41) is 3.34. The molecule has 4 nitrogen and oxygen atoms in total. The number of anilines is 1. The molecule has 3 rings (SSSR count). The molecule has 0 spiro atoms. The van der Waals surface area contributed by atoms with Crippen molar-refractivity contribution in [1.29, 1.82) is 0 Å². The van der Waals surface area contributed by atoms with Crippen molar-refractivity contribution in [3.63, 3.8) is 0 Å². The van der Waals surface area contributed by atoms with Crippen molar-refractivity contribution in [2.45, 2.75) is 13.5 Å². The molecule has 0 aliphatic carbocycles. The van der Waals surface area contributed by atoms with Crippen LogP contribution in [0, 0.1) is 6.92 Å². The number of nitrogens with one attached hydrogen (secondary N) is 1. The quantitative estimate of drug-likeness (QED) is 0.819. The van der Waals surface area contributed by atoms with E-state index in [-0.39, 0.29) is 0 Å². The molecule has 0 unspecified atom stereocenters. The first-order valence-corrected chi connectivity index (χ1v) is 6.43. The molecule has 0 amide bonds. The van der Waals surface area contributed by atoms with Gasteiger partial charge in [-0.05, 0) is 30.7 Å². The maximum atomic E-state index is 5.92. The van der Waals surface area contributed by atoms with Crippen LogP contribution in [0.3, 0.4) is 0 Å². The standard InChI is InChI=1S/C15H17N3O/c1-10-14(16)7-12(9-18-10)11-2-3-15-13(6-11)8-17-4-5-19-15/h2-3,6-7,9,17H,4-5,8,16H2,1H3. The topological polar surface area (TPSA) is 60.2 Å². The number of nitrogens with two attached hydrogens (primary N) is 1. The van der Waals surface area contributed by atoms with Crippen molar-refractivity contribution < 1.29 is 4.74 Å². The maximum Gasteiger partial charge on any atom is 0.123 e. The monoisotopic (exact) mass is 255 g/mol. The van der Waals surface area contributed by atoms with E-state index in [9.17, 15) is 0 Å². The number of nitrogen functional groups attached to an aromatic ring is 1. The highest BCUT2D eigenvalue weighted by Gasteiger charge is 2.10. The van der Waals surface area contributed by atoms with Crippen molar-refractivity contribution in [3.05, 3.63) is 41.7 Å². The molecular weight excluding hydrogens is 238 g/mol. The average Bonchev–Trinajstić information content (AvgIpc) is 2.66. The summed E-state index contributed by atoms with van der Waals surface area (Å²) in [5.41, 5.74) is 10.8. The van der Waals surface area contributed by atoms with Gasteiger partial charge in [-0.25, -0.2) is 0 Å². The first kappa shape index (κ1) is 12.0. The van der Waals surface area contributed by atoms with Crippen molar-refractivity contribution in [1.82, 2.24) is 10.3 Å². The number of hydrogen-bond acceptors (Lipinski definition) is 4. The van der Waals surface area contributed by atoms with E-state index >= 15 is 0 Å². The number of rotatable bonds is 1. The number of nitrogens with zero attached hydrogens (tertiary/aromatic N) is 1. The van der Waals surface area contributed by atoms with Crippen molar-refractivity contribution >= 4 is 5.69 Å². The molecule has 1 aromatic heterocycles. The third-order valence-corrected chi connectivity index (χ3v) is 3.37. The third-order valence-electron chi connectivity index (χ3n) is 3.37. The van der Waals surface area contributed by atoms with Crippen LogP contribution in [0.4, 0.5) is 5.69 Å². The zero-order chi connectivity index (χ0) is 13.2. The van der Waals surface area contributed by atoms with E-state index in [1.54, 1.807) is 0 Å². The number of aromatic nitrogens is 1. The Balaban J connectivity index is 2.01. The first-order chi connectivity index (χ1) is 9.24. The summed E-state index contributed by atoms with van der Waals surface area (Å²) < 4.78 is 5.68. The summed E-state index contributed by atoms with van der Waals surface area (Å²) in [6.45, 7) is 4.33. The Morgan fingerprint density at radius 2 is 2.16 bits per heavy atom. The van der Waals surface area contributed by atoms with Gasteiger partial charge in [0.15, 0.2) is 0 Å². The zero-order valence-corrected chi connectivity index (χ0v) is 10.9. The lowest BCUT2D eigenvalue weighted by Crippen LogP contribution is -2.16. The minimum Gasteiger partial charge on any atom is -0.492 e. The van der Waals surface area contributed by atoms with Crippen molar-refractivity contribution in [3.8, 4) is 16.9 Å². The second-order valence-corrected chi connectivity index (χ2v) is 4.75. The van der Waals surface area contributed by atoms with E-state index in [4.69, 9.17) is 10.5 Å². The number of fused-ring (bicyclic) bond motifs is 1. The van der Waals surface area contributed by atoms with Crippen LogP contribution in [0.15, 0.2) is 30.5 Å². The Morgan fingerprint density at radius 1 is 1.26 bits per heavy atom. The summed E-state index contributed by atoms with van der Waals surface area (Å²) in [7, 11) is 0. The van der Waals surface area contributed by atoms with Gasteiger partial charge < -0.3 is 15.8 Å². The number of ether oxygens (including phenoxy) is 1. The zero-order valence-electron chi connectivity index (χ0n) is 10.9. The lowest BCUT2D eigenvalue weighted by molar-refractivity contribution is 0.326. The molecule has 0 bridgehead atoms. The van der Waals surface area contributed by atoms with Crippen LogP contribution in [0.25, 0.3) is 11.1 Å². The van der Waals surface area contributed by atoms with Gasteiger partial charge >= 0.3 is 0 Å². The van der Waals surface area contributed by atoms with Gasteiger partial charge in [0.2, 0.25) is 0 Å². The van der Waals surface area contributed by atoms with Gasteiger partial charge in [0, 0.05) is 30.4 Å². The summed E-state index contributed by atoms with van der Waals surface area (Å²) in [6.07, 6.45) is 1.86. The normalized spacial score (nSPS) is 14.4. The fourth-order valence-electron chi connectivity index (χ4n) is 2.20. The lowest BCUT2D eigenvalue weighted by atomic mass is 10.0. The molecule has 0 fully saturated rings. The van der Waals surface area contributed by atoms with Gasteiger partial charge in [-0.15, -0.1) is 0 Å². The van der Waals surface area contributed by atoms with Crippen molar-refractivity contribution in [2.75, 3.05) is 18.9 Å². The average molecular weight is 255 g/mol. The number of pyridine rings is 1. The highest BCUT2D eigenvalue weighted by atomic mass is 16.5. The predicted octanol–water partition coefficient (Wildman–Crippen LogP) is 2.12. The Hall–Kier alpha value is -2.07. The second-order valence-electron chi connectivity index (χ2n) is 4.75. The number of aryl methyl sites for hydroxylation is 1. The Bertz CT molecular complexity index is 610. The van der Waals surface area contributed by atoms with E-state index in [2.05, 4.69) is 22.4 Å². The lowest BCUT2D eigenvalue weighted by Gasteiger charge is -2.10. The highest BCUT2D eigenvalue weighted by Crippen LogP contribution is 2.28. The van der Waals surface area contributed by atoms with Crippen LogP contribution in [-0.4, -0.2) is 18.1 Å². The van der Waals surface area contributed by atoms with Gasteiger partial charge in [0.1, 0.15) is 12.4 Å². The molecule has 1 aliphatic heterocycles. The molecule has 4 heteroatoms. The Kier molecular flexibility index (Phi) is 3.09. The largest absolute Gasteiger partial charge is 0.492 e. The third kappa shape index (κ3) is 2.39. The van der Waals surface area contributed by atoms with E-state index < -0.39 is 0 Å². The highest BCUT2D eigenvalue weighted by molar-refractivity contribution is 5.68. The Labute approximate surface area is 112 Å². The summed E-state index contributed by atoms with van der Waals surface area (Å²) >= 11 is 0.